The second-order valence-corrected chi connectivity index (χ2v) is 9.04. The fraction of sp³-hybridized carbons (Fsp3) is 0.700. The Morgan fingerprint density at radius 3 is 3.11 bits per heavy atom. The molecule has 4 rings (SSSR count). The van der Waals surface area contributed by atoms with Crippen molar-refractivity contribution in [1.29, 1.82) is 0 Å². The van der Waals surface area contributed by atoms with Crippen molar-refractivity contribution < 1.29 is 9.84 Å². The smallest absolute Gasteiger partial charge is 0.0969 e. The first kappa shape index (κ1) is 19.1. The lowest BCUT2D eigenvalue weighted by Gasteiger charge is -2.47. The van der Waals surface area contributed by atoms with Gasteiger partial charge in [-0.2, -0.15) is 0 Å². The number of piperidine rings is 1. The van der Waals surface area contributed by atoms with Crippen LogP contribution in [0.5, 0.6) is 0 Å². The molecule has 2 aromatic rings. The van der Waals surface area contributed by atoms with Gasteiger partial charge in [-0.15, -0.1) is 16.4 Å². The van der Waals surface area contributed by atoms with Crippen molar-refractivity contribution in [3.05, 3.63) is 33.3 Å². The number of likely N-dealkylation sites (tertiary alicyclic amines) is 1. The fourth-order valence-corrected chi connectivity index (χ4v) is 5.65. The number of aromatic nitrogens is 3. The number of aryl methyl sites for hydroxylation is 2. The van der Waals surface area contributed by atoms with Crippen LogP contribution in [0, 0.1) is 0 Å². The standard InChI is InChI=1S/C20H30N4O2S/c1-3-17-11-18-19(27-17)5-10-26-20(18)6-8-23(15(2)12-20)13-16-14-24(22-21-16)7-4-9-25/h11,14-15,25H,3-10,12-13H2,1-2H3/t15?,20-/m1/s1. The van der Waals surface area contributed by atoms with Crippen LogP contribution in [0.3, 0.4) is 0 Å². The molecular weight excluding hydrogens is 360 g/mol. The van der Waals surface area contributed by atoms with Crippen molar-refractivity contribution in [3.8, 4) is 0 Å². The molecule has 0 amide bonds. The van der Waals surface area contributed by atoms with E-state index in [4.69, 9.17) is 9.84 Å². The molecule has 6 nitrogen and oxygen atoms in total. The summed E-state index contributed by atoms with van der Waals surface area (Å²) in [4.78, 5) is 5.53. The summed E-state index contributed by atoms with van der Waals surface area (Å²) in [5, 5.41) is 17.4. The highest BCUT2D eigenvalue weighted by atomic mass is 32.1. The van der Waals surface area contributed by atoms with Gasteiger partial charge in [-0.05, 0) is 44.2 Å². The summed E-state index contributed by atoms with van der Waals surface area (Å²) < 4.78 is 8.26. The molecular formula is C20H30N4O2S. The Morgan fingerprint density at radius 1 is 1.44 bits per heavy atom. The van der Waals surface area contributed by atoms with E-state index in [1.165, 1.54) is 10.4 Å². The first-order chi connectivity index (χ1) is 13.1. The molecule has 2 aromatic heterocycles. The highest BCUT2D eigenvalue weighted by Crippen LogP contribution is 2.46. The average molecular weight is 391 g/mol. The Balaban J connectivity index is 1.44. The van der Waals surface area contributed by atoms with Crippen molar-refractivity contribution in [2.75, 3.05) is 19.8 Å². The number of hydrogen-bond donors (Lipinski definition) is 1. The van der Waals surface area contributed by atoms with E-state index in [2.05, 4.69) is 35.1 Å². The number of ether oxygens (including phenoxy) is 1. The zero-order valence-corrected chi connectivity index (χ0v) is 17.2. The van der Waals surface area contributed by atoms with Gasteiger partial charge in [0.15, 0.2) is 0 Å². The van der Waals surface area contributed by atoms with Gasteiger partial charge in [0.2, 0.25) is 0 Å². The van der Waals surface area contributed by atoms with E-state index < -0.39 is 0 Å². The highest BCUT2D eigenvalue weighted by molar-refractivity contribution is 7.12. The van der Waals surface area contributed by atoms with E-state index in [1.807, 2.05) is 22.2 Å². The maximum Gasteiger partial charge on any atom is 0.0969 e. The number of aliphatic hydroxyl groups excluding tert-OH is 1. The first-order valence-electron chi connectivity index (χ1n) is 10.1. The number of fused-ring (bicyclic) bond motifs is 2. The number of nitrogens with zero attached hydrogens (tertiary/aromatic N) is 4. The lowest BCUT2D eigenvalue weighted by Crippen LogP contribution is -2.50. The molecule has 2 aliphatic heterocycles. The molecule has 0 aromatic carbocycles. The van der Waals surface area contributed by atoms with Gasteiger partial charge in [0.1, 0.15) is 0 Å². The highest BCUT2D eigenvalue weighted by Gasteiger charge is 2.44. The second kappa shape index (κ2) is 7.99. The van der Waals surface area contributed by atoms with E-state index in [1.54, 1.807) is 4.88 Å². The predicted octanol–water partition coefficient (Wildman–Crippen LogP) is 2.74. The van der Waals surface area contributed by atoms with E-state index in [-0.39, 0.29) is 12.2 Å². The zero-order valence-electron chi connectivity index (χ0n) is 16.4. The quantitative estimate of drug-likeness (QED) is 0.822. The van der Waals surface area contributed by atoms with Crippen molar-refractivity contribution in [3.63, 3.8) is 0 Å². The number of hydrogen-bond acceptors (Lipinski definition) is 6. The average Bonchev–Trinajstić information content (AvgIpc) is 3.30. The minimum atomic E-state index is -0.0911. The third-order valence-corrected chi connectivity index (χ3v) is 7.29. The van der Waals surface area contributed by atoms with Gasteiger partial charge in [0.25, 0.3) is 0 Å². The molecule has 1 N–H and O–H groups in total. The largest absolute Gasteiger partial charge is 0.396 e. The van der Waals surface area contributed by atoms with Crippen LogP contribution in [0.25, 0.3) is 0 Å². The maximum atomic E-state index is 8.96. The molecule has 1 fully saturated rings. The van der Waals surface area contributed by atoms with Crippen molar-refractivity contribution in [2.45, 2.75) is 70.7 Å². The number of thiophene rings is 1. The van der Waals surface area contributed by atoms with Crippen molar-refractivity contribution in [1.82, 2.24) is 19.9 Å². The normalized spacial score (nSPS) is 25.8. The van der Waals surface area contributed by atoms with E-state index >= 15 is 0 Å². The van der Waals surface area contributed by atoms with Gasteiger partial charge >= 0.3 is 0 Å². The van der Waals surface area contributed by atoms with Crippen LogP contribution in [0.2, 0.25) is 0 Å². The molecule has 1 unspecified atom stereocenters. The Morgan fingerprint density at radius 2 is 2.33 bits per heavy atom. The van der Waals surface area contributed by atoms with Crippen LogP contribution >= 0.6 is 11.3 Å². The van der Waals surface area contributed by atoms with Gasteiger partial charge < -0.3 is 9.84 Å². The Labute approximate surface area is 165 Å². The molecule has 0 saturated carbocycles. The summed E-state index contributed by atoms with van der Waals surface area (Å²) >= 11 is 1.98. The van der Waals surface area contributed by atoms with Gasteiger partial charge in [0, 0.05) is 54.7 Å². The molecule has 0 bridgehead atoms. The molecule has 7 heteroatoms. The fourth-order valence-electron chi connectivity index (χ4n) is 4.47. The molecule has 0 aliphatic carbocycles. The van der Waals surface area contributed by atoms with E-state index in [9.17, 15) is 0 Å². The first-order valence-corrected chi connectivity index (χ1v) is 10.9. The van der Waals surface area contributed by atoms with Gasteiger partial charge in [-0.25, -0.2) is 0 Å². The summed E-state index contributed by atoms with van der Waals surface area (Å²) in [6.45, 7) is 8.14. The maximum absolute atomic E-state index is 8.96. The van der Waals surface area contributed by atoms with Crippen molar-refractivity contribution in [2.24, 2.45) is 0 Å². The number of aliphatic hydroxyl groups is 1. The lowest BCUT2D eigenvalue weighted by molar-refractivity contribution is -0.112. The molecule has 148 valence electrons. The minimum absolute atomic E-state index is 0.0911. The molecule has 2 aliphatic rings. The van der Waals surface area contributed by atoms with Gasteiger partial charge in [-0.1, -0.05) is 12.1 Å². The summed E-state index contributed by atoms with van der Waals surface area (Å²) in [6.07, 6.45) is 6.99. The summed E-state index contributed by atoms with van der Waals surface area (Å²) in [7, 11) is 0. The third kappa shape index (κ3) is 3.83. The molecule has 1 saturated heterocycles. The Kier molecular flexibility index (Phi) is 5.64. The van der Waals surface area contributed by atoms with Gasteiger partial charge in [-0.3, -0.25) is 9.58 Å². The van der Waals surface area contributed by atoms with Crippen LogP contribution in [0.15, 0.2) is 12.3 Å². The van der Waals surface area contributed by atoms with Crippen LogP contribution in [0.1, 0.15) is 54.1 Å². The topological polar surface area (TPSA) is 63.4 Å². The SMILES string of the molecule is CCc1cc2c(s1)CCO[C@@]21CCN(Cc2cn(CCCO)nn2)C(C)C1. The molecule has 1 spiro atoms. The third-order valence-electron chi connectivity index (χ3n) is 5.95. The Bertz CT molecular complexity index is 774. The van der Waals surface area contributed by atoms with Crippen LogP contribution in [-0.2, 0) is 36.3 Å². The minimum Gasteiger partial charge on any atom is -0.396 e. The Hall–Kier alpha value is -1.28. The van der Waals surface area contributed by atoms with E-state index in [0.29, 0.717) is 12.5 Å². The predicted molar refractivity (Wildman–Crippen MR) is 106 cm³/mol. The zero-order chi connectivity index (χ0) is 18.9. The van der Waals surface area contributed by atoms with Crippen LogP contribution in [0.4, 0.5) is 0 Å². The summed E-state index contributed by atoms with van der Waals surface area (Å²) in [5.41, 5.74) is 2.38. The van der Waals surface area contributed by atoms with Crippen LogP contribution in [-0.4, -0.2) is 50.8 Å². The molecule has 27 heavy (non-hydrogen) atoms. The second-order valence-electron chi connectivity index (χ2n) is 7.82. The summed E-state index contributed by atoms with van der Waals surface area (Å²) in [5.74, 6) is 0. The monoisotopic (exact) mass is 390 g/mol. The van der Waals surface area contributed by atoms with Crippen LogP contribution < -0.4 is 0 Å². The molecule has 4 heterocycles. The molecule has 0 radical (unpaired) electrons. The number of rotatable bonds is 6. The summed E-state index contributed by atoms with van der Waals surface area (Å²) in [6, 6.07) is 2.85. The van der Waals surface area contributed by atoms with E-state index in [0.717, 1.165) is 57.6 Å². The van der Waals surface area contributed by atoms with Gasteiger partial charge in [0.05, 0.1) is 17.9 Å². The molecule has 2 atom stereocenters. The van der Waals surface area contributed by atoms with Crippen molar-refractivity contribution >= 4 is 11.3 Å². The lowest BCUT2D eigenvalue weighted by atomic mass is 9.79.